The molecule has 0 bridgehead atoms. The highest BCUT2D eigenvalue weighted by Crippen LogP contribution is 2.29. The summed E-state index contributed by atoms with van der Waals surface area (Å²) in [5, 5.41) is 0. The summed E-state index contributed by atoms with van der Waals surface area (Å²) in [7, 11) is 3.71. The highest BCUT2D eigenvalue weighted by Gasteiger charge is 2.34. The lowest BCUT2D eigenvalue weighted by Gasteiger charge is -2.40. The lowest BCUT2D eigenvalue weighted by atomic mass is 9.92. The molecule has 2 N–H and O–H groups in total. The number of ether oxygens (including phenoxy) is 1. The molecule has 1 saturated heterocycles. The van der Waals surface area contributed by atoms with Gasteiger partial charge in [-0.2, -0.15) is 0 Å². The van der Waals surface area contributed by atoms with Crippen molar-refractivity contribution in [3.8, 4) is 0 Å². The average molecular weight is 476 g/mol. The van der Waals surface area contributed by atoms with Gasteiger partial charge in [0, 0.05) is 37.2 Å². The number of likely N-dealkylation sites (tertiary alicyclic amines) is 1. The monoisotopic (exact) mass is 475 g/mol. The molecular weight excluding hydrogens is 430 g/mol. The van der Waals surface area contributed by atoms with E-state index in [4.69, 9.17) is 4.74 Å². The molecule has 0 spiro atoms. The van der Waals surface area contributed by atoms with E-state index in [2.05, 4.69) is 24.6 Å². The normalized spacial score (nSPS) is 19.8. The molecule has 2 atom stereocenters. The fourth-order valence-electron chi connectivity index (χ4n) is 3.99. The van der Waals surface area contributed by atoms with Crippen LogP contribution < -0.4 is 5.73 Å². The van der Waals surface area contributed by atoms with E-state index >= 15 is 0 Å². The number of aldehydes is 2. The lowest BCUT2D eigenvalue weighted by molar-refractivity contribution is -0.107. The van der Waals surface area contributed by atoms with Gasteiger partial charge in [-0.05, 0) is 84.5 Å². The summed E-state index contributed by atoms with van der Waals surface area (Å²) in [6.45, 7) is 9.97. The van der Waals surface area contributed by atoms with E-state index in [1.807, 2.05) is 31.7 Å². The molecule has 0 unspecified atom stereocenters. The first kappa shape index (κ1) is 29.8. The molecule has 192 valence electrons. The number of amides is 1. The maximum absolute atomic E-state index is 12.5. The summed E-state index contributed by atoms with van der Waals surface area (Å²) in [5.74, 6) is 0.579. The molecule has 1 aliphatic carbocycles. The van der Waals surface area contributed by atoms with Gasteiger partial charge >= 0.3 is 6.09 Å². The standard InChI is InChI=1S/C17H32N2O2.C9H8O2.CH5N/c1-13-6-7-15(10-11-18(5)14-8-9-14)19(12-13)16(20)21-17(2,3)4;10-5-4-8-2-1-3-9(6-8)7-11;1-2/h13-15H,6-12H2,1-5H3;1-3,5-7H,4H2;2H2,1H3/t13-,15-;;/m1../s1. The molecule has 0 aromatic heterocycles. The Hall–Kier alpha value is -2.25. The fourth-order valence-corrected chi connectivity index (χ4v) is 3.99. The van der Waals surface area contributed by atoms with Crippen molar-refractivity contribution < 1.29 is 19.1 Å². The van der Waals surface area contributed by atoms with Gasteiger partial charge in [-0.15, -0.1) is 0 Å². The Bertz CT molecular complexity index is 758. The quantitative estimate of drug-likeness (QED) is 0.590. The Balaban J connectivity index is 0.000000374. The second-order valence-corrected chi connectivity index (χ2v) is 10.2. The summed E-state index contributed by atoms with van der Waals surface area (Å²) in [6, 6.07) is 8.15. The van der Waals surface area contributed by atoms with E-state index in [-0.39, 0.29) is 6.09 Å². The number of piperidine rings is 1. The van der Waals surface area contributed by atoms with Crippen LogP contribution in [0.5, 0.6) is 0 Å². The first-order chi connectivity index (χ1) is 16.1. The van der Waals surface area contributed by atoms with Gasteiger partial charge in [0.25, 0.3) is 0 Å². The third-order valence-corrected chi connectivity index (χ3v) is 5.96. The summed E-state index contributed by atoms with van der Waals surface area (Å²) < 4.78 is 5.60. The number of hydrogen-bond acceptors (Lipinski definition) is 6. The van der Waals surface area contributed by atoms with E-state index < -0.39 is 5.60 Å². The SMILES string of the molecule is CN.C[C@@H]1CC[C@H](CCN(C)C2CC2)N(C(=O)OC(C)(C)C)C1.O=CCc1cccc(C=O)c1. The molecule has 1 saturated carbocycles. The Morgan fingerprint density at radius 1 is 1.18 bits per heavy atom. The van der Waals surface area contributed by atoms with E-state index in [0.717, 1.165) is 50.1 Å². The number of carbonyl (C=O) groups excluding carboxylic acids is 3. The second-order valence-electron chi connectivity index (χ2n) is 10.2. The smallest absolute Gasteiger partial charge is 0.410 e. The van der Waals surface area contributed by atoms with Crippen LogP contribution in [0.4, 0.5) is 4.79 Å². The van der Waals surface area contributed by atoms with E-state index in [1.165, 1.54) is 26.3 Å². The van der Waals surface area contributed by atoms with Crippen LogP contribution in [0, 0.1) is 5.92 Å². The van der Waals surface area contributed by atoms with Crippen molar-refractivity contribution >= 4 is 18.7 Å². The molecule has 1 aliphatic heterocycles. The van der Waals surface area contributed by atoms with Gasteiger partial charge in [0.1, 0.15) is 18.2 Å². The highest BCUT2D eigenvalue weighted by atomic mass is 16.6. The van der Waals surface area contributed by atoms with Crippen LogP contribution in [0.1, 0.15) is 75.7 Å². The molecule has 3 rings (SSSR count). The third kappa shape index (κ3) is 11.3. The van der Waals surface area contributed by atoms with Gasteiger partial charge < -0.3 is 25.1 Å². The van der Waals surface area contributed by atoms with E-state index in [9.17, 15) is 14.4 Å². The molecular formula is C27H45N3O4. The van der Waals surface area contributed by atoms with Crippen molar-refractivity contribution in [2.24, 2.45) is 11.7 Å². The Morgan fingerprint density at radius 2 is 1.85 bits per heavy atom. The van der Waals surface area contributed by atoms with Crippen LogP contribution in [0.3, 0.4) is 0 Å². The average Bonchev–Trinajstić information content (AvgIpc) is 3.65. The van der Waals surface area contributed by atoms with Gasteiger partial charge in [-0.25, -0.2) is 4.79 Å². The van der Waals surface area contributed by atoms with E-state index in [1.54, 1.807) is 18.2 Å². The number of nitrogens with two attached hydrogens (primary N) is 1. The molecule has 7 nitrogen and oxygen atoms in total. The van der Waals surface area contributed by atoms with Crippen LogP contribution in [-0.2, 0) is 16.0 Å². The minimum absolute atomic E-state index is 0.131. The summed E-state index contributed by atoms with van der Waals surface area (Å²) in [5.41, 5.74) is 5.58. The maximum Gasteiger partial charge on any atom is 0.410 e. The molecule has 2 fully saturated rings. The molecule has 1 amide bonds. The Morgan fingerprint density at radius 3 is 2.41 bits per heavy atom. The van der Waals surface area contributed by atoms with Crippen LogP contribution >= 0.6 is 0 Å². The molecule has 1 aromatic carbocycles. The summed E-state index contributed by atoms with van der Waals surface area (Å²) in [6.07, 6.45) is 7.92. The topological polar surface area (TPSA) is 92.9 Å². The van der Waals surface area contributed by atoms with Gasteiger partial charge in [-0.3, -0.25) is 4.79 Å². The van der Waals surface area contributed by atoms with Gasteiger partial charge in [0.15, 0.2) is 0 Å². The van der Waals surface area contributed by atoms with Crippen LogP contribution in [0.25, 0.3) is 0 Å². The zero-order valence-corrected chi connectivity index (χ0v) is 22.0. The van der Waals surface area contributed by atoms with Gasteiger partial charge in [0.05, 0.1) is 0 Å². The van der Waals surface area contributed by atoms with E-state index in [0.29, 0.717) is 23.9 Å². The first-order valence-electron chi connectivity index (χ1n) is 12.4. The van der Waals surface area contributed by atoms with Gasteiger partial charge in [-0.1, -0.05) is 25.1 Å². The number of hydrogen-bond donors (Lipinski definition) is 1. The van der Waals surface area contributed by atoms with Crippen molar-refractivity contribution in [2.75, 3.05) is 27.2 Å². The highest BCUT2D eigenvalue weighted by molar-refractivity contribution is 5.75. The number of carbonyl (C=O) groups is 3. The van der Waals surface area contributed by atoms with Crippen molar-refractivity contribution in [3.63, 3.8) is 0 Å². The third-order valence-electron chi connectivity index (χ3n) is 5.96. The second kappa shape index (κ2) is 14.9. The minimum atomic E-state index is -0.410. The van der Waals surface area contributed by atoms with Crippen LogP contribution in [-0.4, -0.2) is 73.3 Å². The number of rotatable bonds is 7. The van der Waals surface area contributed by atoms with Crippen molar-refractivity contribution in [2.45, 2.75) is 83.9 Å². The number of benzene rings is 1. The number of nitrogens with zero attached hydrogens (tertiary/aromatic N) is 2. The molecule has 7 heteroatoms. The van der Waals surface area contributed by atoms with Crippen molar-refractivity contribution in [1.82, 2.24) is 9.80 Å². The summed E-state index contributed by atoms with van der Waals surface area (Å²) >= 11 is 0. The van der Waals surface area contributed by atoms with Crippen LogP contribution in [0.2, 0.25) is 0 Å². The molecule has 1 aromatic rings. The van der Waals surface area contributed by atoms with Crippen molar-refractivity contribution in [3.05, 3.63) is 35.4 Å². The van der Waals surface area contributed by atoms with Crippen LogP contribution in [0.15, 0.2) is 24.3 Å². The first-order valence-corrected chi connectivity index (χ1v) is 12.4. The molecule has 1 heterocycles. The predicted molar refractivity (Wildman–Crippen MR) is 137 cm³/mol. The summed E-state index contributed by atoms with van der Waals surface area (Å²) in [4.78, 5) is 37.2. The molecule has 2 aliphatic rings. The zero-order valence-electron chi connectivity index (χ0n) is 22.0. The fraction of sp³-hybridized carbons (Fsp3) is 0.667. The largest absolute Gasteiger partial charge is 0.444 e. The Kier molecular flexibility index (Phi) is 13.0. The zero-order chi connectivity index (χ0) is 25.7. The molecule has 34 heavy (non-hydrogen) atoms. The Labute approximate surface area is 206 Å². The lowest BCUT2D eigenvalue weighted by Crippen LogP contribution is -2.49. The predicted octanol–water partition coefficient (Wildman–Crippen LogP) is 4.32. The van der Waals surface area contributed by atoms with Gasteiger partial charge in [0.2, 0.25) is 0 Å². The molecule has 0 radical (unpaired) electrons. The minimum Gasteiger partial charge on any atom is -0.444 e. The van der Waals surface area contributed by atoms with Crippen molar-refractivity contribution in [1.29, 1.82) is 0 Å². The maximum atomic E-state index is 12.5.